The first kappa shape index (κ1) is 17.6. The van der Waals surface area contributed by atoms with Gasteiger partial charge in [0.05, 0.1) is 5.69 Å². The Bertz CT molecular complexity index is 956. The number of carbonyl (C=O) groups is 1. The van der Waals surface area contributed by atoms with Crippen LogP contribution in [0.4, 0.5) is 10.9 Å². The Labute approximate surface area is 162 Å². The standard InChI is InChI=1S/C20H21N5OS/c1-13-10-17(24-20-22-14(2)12-27-20)23-18(21-13)16-8-9-25(11-16)19(26)15-6-4-3-5-7-15/h3-7,10,12,16H,8-9,11H2,1-2H3,(H,21,22,23,24)/t16-/m0/s1. The molecule has 1 aliphatic heterocycles. The van der Waals surface area contributed by atoms with E-state index in [1.165, 1.54) is 0 Å². The van der Waals surface area contributed by atoms with Gasteiger partial charge in [0.2, 0.25) is 0 Å². The summed E-state index contributed by atoms with van der Waals surface area (Å²) in [7, 11) is 0. The van der Waals surface area contributed by atoms with Crippen molar-refractivity contribution in [2.24, 2.45) is 0 Å². The van der Waals surface area contributed by atoms with Gasteiger partial charge in [-0.1, -0.05) is 18.2 Å². The van der Waals surface area contributed by atoms with Crippen molar-refractivity contribution in [1.82, 2.24) is 19.9 Å². The van der Waals surface area contributed by atoms with E-state index < -0.39 is 0 Å². The Hall–Kier alpha value is -2.80. The average Bonchev–Trinajstić information content (AvgIpc) is 3.31. The van der Waals surface area contributed by atoms with E-state index in [2.05, 4.69) is 15.3 Å². The Morgan fingerprint density at radius 2 is 1.96 bits per heavy atom. The number of likely N-dealkylation sites (tertiary alicyclic amines) is 1. The maximum absolute atomic E-state index is 12.7. The molecule has 7 heteroatoms. The van der Waals surface area contributed by atoms with E-state index in [0.717, 1.165) is 46.7 Å². The lowest BCUT2D eigenvalue weighted by atomic mass is 10.1. The maximum Gasteiger partial charge on any atom is 0.253 e. The molecule has 6 nitrogen and oxygen atoms in total. The molecule has 0 unspecified atom stereocenters. The van der Waals surface area contributed by atoms with Crippen LogP contribution in [0, 0.1) is 13.8 Å². The van der Waals surface area contributed by atoms with Crippen molar-refractivity contribution in [2.75, 3.05) is 18.4 Å². The summed E-state index contributed by atoms with van der Waals surface area (Å²) in [4.78, 5) is 28.3. The van der Waals surface area contributed by atoms with Crippen molar-refractivity contribution in [3.63, 3.8) is 0 Å². The molecule has 27 heavy (non-hydrogen) atoms. The maximum atomic E-state index is 12.7. The van der Waals surface area contributed by atoms with Crippen LogP contribution in [0.5, 0.6) is 0 Å². The number of nitrogens with one attached hydrogen (secondary N) is 1. The van der Waals surface area contributed by atoms with Gasteiger partial charge in [-0.2, -0.15) is 0 Å². The summed E-state index contributed by atoms with van der Waals surface area (Å²) in [6, 6.07) is 11.3. The monoisotopic (exact) mass is 379 g/mol. The zero-order valence-electron chi connectivity index (χ0n) is 15.3. The molecular formula is C20H21N5OS. The van der Waals surface area contributed by atoms with Gasteiger partial charge in [-0.25, -0.2) is 15.0 Å². The predicted octanol–water partition coefficient (Wildman–Crippen LogP) is 3.92. The summed E-state index contributed by atoms with van der Waals surface area (Å²) in [5.41, 5.74) is 2.62. The third kappa shape index (κ3) is 3.98. The molecule has 0 spiro atoms. The lowest BCUT2D eigenvalue weighted by Crippen LogP contribution is -2.28. The molecule has 4 rings (SSSR count). The van der Waals surface area contributed by atoms with Crippen LogP contribution < -0.4 is 5.32 Å². The summed E-state index contributed by atoms with van der Waals surface area (Å²) < 4.78 is 0. The lowest BCUT2D eigenvalue weighted by Gasteiger charge is -2.16. The van der Waals surface area contributed by atoms with Crippen LogP contribution in [0.2, 0.25) is 0 Å². The first-order valence-electron chi connectivity index (χ1n) is 8.97. The molecule has 1 atom stereocenters. The van der Waals surface area contributed by atoms with E-state index in [1.807, 2.05) is 60.5 Å². The average molecular weight is 379 g/mol. The van der Waals surface area contributed by atoms with Crippen molar-refractivity contribution < 1.29 is 4.79 Å². The second-order valence-corrected chi connectivity index (χ2v) is 7.63. The zero-order chi connectivity index (χ0) is 18.8. The van der Waals surface area contributed by atoms with Crippen LogP contribution in [0.15, 0.2) is 41.8 Å². The Balaban J connectivity index is 1.49. The molecule has 0 saturated carbocycles. The van der Waals surface area contributed by atoms with Crippen molar-refractivity contribution in [3.8, 4) is 0 Å². The van der Waals surface area contributed by atoms with Gasteiger partial charge in [0.1, 0.15) is 11.6 Å². The number of anilines is 2. The minimum absolute atomic E-state index is 0.0716. The highest BCUT2D eigenvalue weighted by Gasteiger charge is 2.30. The third-order valence-electron chi connectivity index (χ3n) is 4.59. The smallest absolute Gasteiger partial charge is 0.253 e. The quantitative estimate of drug-likeness (QED) is 0.744. The van der Waals surface area contributed by atoms with Gasteiger partial charge in [0, 0.05) is 41.7 Å². The topological polar surface area (TPSA) is 71.0 Å². The molecule has 1 saturated heterocycles. The lowest BCUT2D eigenvalue weighted by molar-refractivity contribution is 0.0790. The van der Waals surface area contributed by atoms with Gasteiger partial charge in [0.25, 0.3) is 5.91 Å². The first-order valence-corrected chi connectivity index (χ1v) is 9.85. The fraction of sp³-hybridized carbons (Fsp3) is 0.300. The summed E-state index contributed by atoms with van der Waals surface area (Å²) in [5.74, 6) is 1.76. The van der Waals surface area contributed by atoms with Gasteiger partial charge >= 0.3 is 0 Å². The number of nitrogens with zero attached hydrogens (tertiary/aromatic N) is 4. The number of amides is 1. The number of aryl methyl sites for hydroxylation is 2. The minimum atomic E-state index is 0.0716. The Morgan fingerprint density at radius 1 is 1.15 bits per heavy atom. The molecule has 1 fully saturated rings. The molecular weight excluding hydrogens is 358 g/mol. The molecule has 1 aromatic carbocycles. The van der Waals surface area contributed by atoms with E-state index in [9.17, 15) is 4.79 Å². The number of hydrogen-bond donors (Lipinski definition) is 1. The van der Waals surface area contributed by atoms with E-state index in [4.69, 9.17) is 4.98 Å². The Kier molecular flexibility index (Phi) is 4.85. The highest BCUT2D eigenvalue weighted by atomic mass is 32.1. The first-order chi connectivity index (χ1) is 13.1. The highest BCUT2D eigenvalue weighted by Crippen LogP contribution is 2.28. The van der Waals surface area contributed by atoms with Gasteiger partial charge in [0.15, 0.2) is 5.13 Å². The molecule has 0 radical (unpaired) electrons. The molecule has 138 valence electrons. The molecule has 1 aliphatic rings. The Morgan fingerprint density at radius 3 is 2.70 bits per heavy atom. The van der Waals surface area contributed by atoms with Crippen molar-refractivity contribution in [2.45, 2.75) is 26.2 Å². The van der Waals surface area contributed by atoms with Gasteiger partial charge in [-0.3, -0.25) is 4.79 Å². The van der Waals surface area contributed by atoms with Crippen molar-refractivity contribution in [1.29, 1.82) is 0 Å². The second kappa shape index (κ2) is 7.44. The molecule has 3 heterocycles. The molecule has 2 aromatic heterocycles. The highest BCUT2D eigenvalue weighted by molar-refractivity contribution is 7.13. The second-order valence-electron chi connectivity index (χ2n) is 6.77. The van der Waals surface area contributed by atoms with E-state index in [-0.39, 0.29) is 11.8 Å². The minimum Gasteiger partial charge on any atom is -0.338 e. The fourth-order valence-electron chi connectivity index (χ4n) is 3.28. The van der Waals surface area contributed by atoms with Crippen molar-refractivity contribution in [3.05, 3.63) is 64.6 Å². The van der Waals surface area contributed by atoms with Crippen LogP contribution in [0.3, 0.4) is 0 Å². The molecule has 1 N–H and O–H groups in total. The van der Waals surface area contributed by atoms with Crippen molar-refractivity contribution >= 4 is 28.2 Å². The SMILES string of the molecule is Cc1cc(Nc2nc(C)cs2)nc([C@H]2CCN(C(=O)c3ccccc3)C2)n1. The van der Waals surface area contributed by atoms with E-state index in [0.29, 0.717) is 6.54 Å². The van der Waals surface area contributed by atoms with Gasteiger partial charge in [-0.05, 0) is 32.4 Å². The van der Waals surface area contributed by atoms with Crippen LogP contribution >= 0.6 is 11.3 Å². The van der Waals surface area contributed by atoms with E-state index in [1.54, 1.807) is 11.3 Å². The van der Waals surface area contributed by atoms with E-state index >= 15 is 0 Å². The molecule has 1 amide bonds. The van der Waals surface area contributed by atoms with Crippen LogP contribution in [0.25, 0.3) is 0 Å². The molecule has 0 bridgehead atoms. The van der Waals surface area contributed by atoms with Crippen LogP contribution in [0.1, 0.15) is 39.9 Å². The van der Waals surface area contributed by atoms with Gasteiger partial charge in [-0.15, -0.1) is 11.3 Å². The predicted molar refractivity (Wildman–Crippen MR) is 107 cm³/mol. The van der Waals surface area contributed by atoms with Crippen LogP contribution in [-0.2, 0) is 0 Å². The molecule has 0 aliphatic carbocycles. The number of thiazole rings is 1. The normalized spacial score (nSPS) is 16.5. The number of aromatic nitrogens is 3. The zero-order valence-corrected chi connectivity index (χ0v) is 16.2. The number of rotatable bonds is 4. The number of carbonyl (C=O) groups excluding carboxylic acids is 1. The van der Waals surface area contributed by atoms with Crippen LogP contribution in [-0.4, -0.2) is 38.8 Å². The number of hydrogen-bond acceptors (Lipinski definition) is 6. The summed E-state index contributed by atoms with van der Waals surface area (Å²) in [6.45, 7) is 5.30. The van der Waals surface area contributed by atoms with Gasteiger partial charge < -0.3 is 10.2 Å². The summed E-state index contributed by atoms with van der Waals surface area (Å²) >= 11 is 1.55. The number of benzene rings is 1. The fourth-order valence-corrected chi connectivity index (χ4v) is 3.97. The third-order valence-corrected chi connectivity index (χ3v) is 5.46. The largest absolute Gasteiger partial charge is 0.338 e. The summed E-state index contributed by atoms with van der Waals surface area (Å²) in [6.07, 6.45) is 0.873. The molecule has 3 aromatic rings. The summed E-state index contributed by atoms with van der Waals surface area (Å²) in [5, 5.41) is 6.09.